The maximum Gasteiger partial charge on any atom is 0.418 e. The van der Waals surface area contributed by atoms with Crippen LogP contribution in [0.25, 0.3) is 0 Å². The molecule has 0 radical (unpaired) electrons. The second-order valence-corrected chi connectivity index (χ2v) is 5.50. The van der Waals surface area contributed by atoms with Crippen molar-refractivity contribution in [2.45, 2.75) is 30.4 Å². The predicted octanol–water partition coefficient (Wildman–Crippen LogP) is -0.111. The fourth-order valence-corrected chi connectivity index (χ4v) is 2.92. The Morgan fingerprint density at radius 1 is 1.43 bits per heavy atom. The highest BCUT2D eigenvalue weighted by Crippen LogP contribution is 2.46. The fraction of sp³-hybridized carbons (Fsp3) is 0.857. The Morgan fingerprint density at radius 2 is 2.00 bits per heavy atom. The van der Waals surface area contributed by atoms with Gasteiger partial charge in [0.15, 0.2) is 0 Å². The van der Waals surface area contributed by atoms with Gasteiger partial charge in [0.25, 0.3) is 0 Å². The summed E-state index contributed by atoms with van der Waals surface area (Å²) in [5, 5.41) is 16.9. The standard InChI is InChI=1S/C7H13NO5S/c9-5-1-2-7(3-4-7)14(12,13)8-6(10)11/h8-9H,1-5H2,(H,10,11). The van der Waals surface area contributed by atoms with E-state index in [1.807, 2.05) is 0 Å². The van der Waals surface area contributed by atoms with Crippen molar-refractivity contribution in [3.05, 3.63) is 0 Å². The molecule has 1 amide bonds. The number of hydrogen-bond donors (Lipinski definition) is 3. The van der Waals surface area contributed by atoms with Gasteiger partial charge in [0.05, 0.1) is 4.75 Å². The van der Waals surface area contributed by atoms with E-state index in [2.05, 4.69) is 0 Å². The second-order valence-electron chi connectivity index (χ2n) is 3.42. The molecular formula is C7H13NO5S. The third-order valence-electron chi connectivity index (χ3n) is 2.39. The van der Waals surface area contributed by atoms with Crippen LogP contribution >= 0.6 is 0 Å². The van der Waals surface area contributed by atoms with Gasteiger partial charge in [-0.3, -0.25) is 0 Å². The van der Waals surface area contributed by atoms with Gasteiger partial charge in [-0.05, 0) is 25.7 Å². The number of nitrogens with one attached hydrogen (secondary N) is 1. The van der Waals surface area contributed by atoms with Crippen LogP contribution in [0.2, 0.25) is 0 Å². The van der Waals surface area contributed by atoms with E-state index in [0.29, 0.717) is 25.7 Å². The average molecular weight is 223 g/mol. The van der Waals surface area contributed by atoms with Crippen molar-refractivity contribution in [2.24, 2.45) is 0 Å². The summed E-state index contributed by atoms with van der Waals surface area (Å²) in [6.07, 6.45) is 0.0676. The molecular weight excluding hydrogens is 210 g/mol. The van der Waals surface area contributed by atoms with Crippen molar-refractivity contribution >= 4 is 16.1 Å². The molecule has 0 spiro atoms. The Kier molecular flexibility index (Phi) is 3.01. The van der Waals surface area contributed by atoms with E-state index in [0.717, 1.165) is 0 Å². The van der Waals surface area contributed by atoms with Gasteiger partial charge in [-0.15, -0.1) is 0 Å². The van der Waals surface area contributed by atoms with E-state index < -0.39 is 20.9 Å². The number of hydrogen-bond acceptors (Lipinski definition) is 4. The Labute approximate surface area is 82.0 Å². The zero-order valence-electron chi connectivity index (χ0n) is 7.56. The molecule has 0 aromatic heterocycles. The van der Waals surface area contributed by atoms with E-state index in [1.165, 1.54) is 4.72 Å². The lowest BCUT2D eigenvalue weighted by molar-refractivity contribution is 0.201. The summed E-state index contributed by atoms with van der Waals surface area (Å²) in [7, 11) is -3.78. The molecule has 0 bridgehead atoms. The molecule has 0 aromatic rings. The fourth-order valence-electron chi connectivity index (χ4n) is 1.42. The van der Waals surface area contributed by atoms with Gasteiger partial charge in [-0.1, -0.05) is 0 Å². The van der Waals surface area contributed by atoms with E-state index in [4.69, 9.17) is 10.2 Å². The number of amides is 1. The molecule has 1 fully saturated rings. The van der Waals surface area contributed by atoms with Crippen molar-refractivity contribution in [1.29, 1.82) is 0 Å². The number of aliphatic hydroxyl groups is 1. The quantitative estimate of drug-likeness (QED) is 0.603. The molecule has 1 aliphatic carbocycles. The normalized spacial score (nSPS) is 18.9. The summed E-state index contributed by atoms with van der Waals surface area (Å²) in [6.45, 7) is -0.0790. The van der Waals surface area contributed by atoms with Crippen LogP contribution in [-0.2, 0) is 10.0 Å². The Bertz CT molecular complexity index is 319. The van der Waals surface area contributed by atoms with E-state index in [1.54, 1.807) is 0 Å². The highest BCUT2D eigenvalue weighted by atomic mass is 32.2. The number of rotatable bonds is 5. The Morgan fingerprint density at radius 3 is 2.36 bits per heavy atom. The van der Waals surface area contributed by atoms with Crippen LogP contribution in [0.1, 0.15) is 25.7 Å². The smallest absolute Gasteiger partial charge is 0.418 e. The topological polar surface area (TPSA) is 104 Å². The first-order valence-electron chi connectivity index (χ1n) is 4.30. The van der Waals surface area contributed by atoms with Crippen LogP contribution in [0.15, 0.2) is 0 Å². The van der Waals surface area contributed by atoms with Gasteiger partial charge in [0.1, 0.15) is 0 Å². The van der Waals surface area contributed by atoms with Gasteiger partial charge >= 0.3 is 6.09 Å². The monoisotopic (exact) mass is 223 g/mol. The van der Waals surface area contributed by atoms with Crippen molar-refractivity contribution in [3.63, 3.8) is 0 Å². The van der Waals surface area contributed by atoms with Crippen LogP contribution in [0.5, 0.6) is 0 Å². The minimum atomic E-state index is -3.78. The number of sulfonamides is 1. The molecule has 0 atom stereocenters. The summed E-state index contributed by atoms with van der Waals surface area (Å²) in [6, 6.07) is 0. The molecule has 0 heterocycles. The highest BCUT2D eigenvalue weighted by Gasteiger charge is 2.54. The second kappa shape index (κ2) is 3.74. The van der Waals surface area contributed by atoms with Crippen LogP contribution in [0.3, 0.4) is 0 Å². The lowest BCUT2D eigenvalue weighted by Gasteiger charge is -2.14. The van der Waals surface area contributed by atoms with E-state index in [9.17, 15) is 13.2 Å². The van der Waals surface area contributed by atoms with Crippen LogP contribution in [0, 0.1) is 0 Å². The van der Waals surface area contributed by atoms with Gasteiger partial charge in [0.2, 0.25) is 10.0 Å². The van der Waals surface area contributed by atoms with Gasteiger partial charge in [-0.2, -0.15) is 0 Å². The zero-order valence-corrected chi connectivity index (χ0v) is 8.38. The minimum absolute atomic E-state index is 0.0790. The predicted molar refractivity (Wildman–Crippen MR) is 48.4 cm³/mol. The zero-order chi connectivity index (χ0) is 10.8. The SMILES string of the molecule is O=C(O)NS(=O)(=O)C1(CCCO)CC1. The van der Waals surface area contributed by atoms with Gasteiger partial charge in [0, 0.05) is 6.61 Å². The molecule has 14 heavy (non-hydrogen) atoms. The summed E-state index contributed by atoms with van der Waals surface area (Å²) in [4.78, 5) is 10.2. The Balaban J connectivity index is 2.67. The van der Waals surface area contributed by atoms with Crippen molar-refractivity contribution < 1.29 is 23.4 Å². The maximum atomic E-state index is 11.5. The van der Waals surface area contributed by atoms with Crippen molar-refractivity contribution in [3.8, 4) is 0 Å². The summed E-state index contributed by atoms with van der Waals surface area (Å²) in [5.74, 6) is 0. The number of carbonyl (C=O) groups is 1. The van der Waals surface area contributed by atoms with Gasteiger partial charge in [-0.25, -0.2) is 17.9 Å². The first kappa shape index (κ1) is 11.3. The molecule has 6 nitrogen and oxygen atoms in total. The van der Waals surface area contributed by atoms with Crippen LogP contribution in [0.4, 0.5) is 4.79 Å². The molecule has 7 heteroatoms. The Hall–Kier alpha value is -0.820. The first-order valence-corrected chi connectivity index (χ1v) is 5.78. The number of carboxylic acid groups (broad SMARTS) is 1. The molecule has 0 aromatic carbocycles. The van der Waals surface area contributed by atoms with E-state index >= 15 is 0 Å². The first-order chi connectivity index (χ1) is 6.43. The van der Waals surface area contributed by atoms with Crippen molar-refractivity contribution in [1.82, 2.24) is 4.72 Å². The molecule has 1 saturated carbocycles. The highest BCUT2D eigenvalue weighted by molar-refractivity contribution is 7.91. The molecule has 0 unspecified atom stereocenters. The maximum absolute atomic E-state index is 11.5. The molecule has 82 valence electrons. The third kappa shape index (κ3) is 2.16. The molecule has 1 rings (SSSR count). The molecule has 3 N–H and O–H groups in total. The van der Waals surface area contributed by atoms with Crippen LogP contribution in [-0.4, -0.2) is 36.1 Å². The lowest BCUT2D eigenvalue weighted by atomic mass is 10.2. The van der Waals surface area contributed by atoms with E-state index in [-0.39, 0.29) is 6.61 Å². The molecule has 0 aliphatic heterocycles. The summed E-state index contributed by atoms with van der Waals surface area (Å²) < 4.78 is 23.5. The van der Waals surface area contributed by atoms with Crippen molar-refractivity contribution in [2.75, 3.05) is 6.61 Å². The third-order valence-corrected chi connectivity index (χ3v) is 4.59. The summed E-state index contributed by atoms with van der Waals surface area (Å²) >= 11 is 0. The summed E-state index contributed by atoms with van der Waals surface area (Å²) in [5.41, 5.74) is 0. The largest absolute Gasteiger partial charge is 0.464 e. The van der Waals surface area contributed by atoms with Crippen LogP contribution < -0.4 is 4.72 Å². The minimum Gasteiger partial charge on any atom is -0.464 e. The molecule has 0 saturated heterocycles. The molecule has 1 aliphatic rings. The lowest BCUT2D eigenvalue weighted by Crippen LogP contribution is -2.39. The average Bonchev–Trinajstić information content (AvgIpc) is 2.79. The number of aliphatic hydroxyl groups excluding tert-OH is 1. The van der Waals surface area contributed by atoms with Gasteiger partial charge < -0.3 is 10.2 Å².